The quantitative estimate of drug-likeness (QED) is 0.817. The Hall–Kier alpha value is -2.73. The number of benzene rings is 1. The minimum atomic E-state index is -4.77. The molecule has 0 radical (unpaired) electrons. The van der Waals surface area contributed by atoms with Gasteiger partial charge in [-0.25, -0.2) is 4.57 Å². The highest BCUT2D eigenvalue weighted by Crippen LogP contribution is 2.26. The number of hydrogen-bond acceptors (Lipinski definition) is 4. The lowest BCUT2D eigenvalue weighted by atomic mass is 10.1. The third-order valence-corrected chi connectivity index (χ3v) is 2.99. The van der Waals surface area contributed by atoms with Crippen LogP contribution in [-0.2, 0) is 6.18 Å². The SMILES string of the molecule is N#Cc1ccc(C(=O)n2c(=O)cc(C(F)(F)F)[nH]c2=S)cc1. The number of H-pyrrole nitrogens is 1. The molecule has 22 heavy (non-hydrogen) atoms. The number of carbonyl (C=O) groups is 1. The Balaban J connectivity index is 2.53. The van der Waals surface area contributed by atoms with Crippen molar-refractivity contribution in [1.82, 2.24) is 9.55 Å². The number of halogens is 3. The summed E-state index contributed by atoms with van der Waals surface area (Å²) in [5.41, 5.74) is -2.21. The Bertz CT molecular complexity index is 858. The first-order valence-corrected chi connectivity index (χ1v) is 6.13. The van der Waals surface area contributed by atoms with Gasteiger partial charge in [0.2, 0.25) is 0 Å². The van der Waals surface area contributed by atoms with Gasteiger partial charge >= 0.3 is 6.18 Å². The molecule has 1 aromatic heterocycles. The molecule has 5 nitrogen and oxygen atoms in total. The van der Waals surface area contributed by atoms with Crippen LogP contribution < -0.4 is 5.56 Å². The molecular formula is C13H6F3N3O2S. The summed E-state index contributed by atoms with van der Waals surface area (Å²) in [4.78, 5) is 25.7. The molecule has 9 heteroatoms. The van der Waals surface area contributed by atoms with E-state index in [9.17, 15) is 22.8 Å². The predicted octanol–water partition coefficient (Wildman–Crippen LogP) is 2.48. The fourth-order valence-electron chi connectivity index (χ4n) is 1.66. The molecule has 1 aromatic carbocycles. The second-order valence-electron chi connectivity index (χ2n) is 4.15. The van der Waals surface area contributed by atoms with Crippen molar-refractivity contribution in [3.8, 4) is 6.07 Å². The minimum absolute atomic E-state index is 0.0142. The molecule has 0 fully saturated rings. The Labute approximate surface area is 126 Å². The Morgan fingerprint density at radius 1 is 1.27 bits per heavy atom. The zero-order valence-corrected chi connectivity index (χ0v) is 11.5. The number of rotatable bonds is 1. The predicted molar refractivity (Wildman–Crippen MR) is 71.8 cm³/mol. The average Bonchev–Trinajstić information content (AvgIpc) is 2.45. The van der Waals surface area contributed by atoms with Gasteiger partial charge in [0.1, 0.15) is 5.69 Å². The fourth-order valence-corrected chi connectivity index (χ4v) is 1.94. The highest BCUT2D eigenvalue weighted by molar-refractivity contribution is 7.71. The van der Waals surface area contributed by atoms with E-state index in [-0.39, 0.29) is 11.6 Å². The van der Waals surface area contributed by atoms with E-state index in [1.54, 1.807) is 0 Å². The lowest BCUT2D eigenvalue weighted by molar-refractivity contribution is -0.141. The molecule has 1 N–H and O–H groups in total. The standard InChI is InChI=1S/C13H6F3N3O2S/c14-13(15,16)9-5-10(20)19(12(22)18-9)11(21)8-3-1-7(6-17)2-4-8/h1-5H,(H,18,22). The Morgan fingerprint density at radius 2 is 1.86 bits per heavy atom. The van der Waals surface area contributed by atoms with Crippen LogP contribution in [0.3, 0.4) is 0 Å². The van der Waals surface area contributed by atoms with Crippen molar-refractivity contribution in [3.05, 3.63) is 62.3 Å². The molecule has 0 aliphatic heterocycles. The van der Waals surface area contributed by atoms with E-state index < -0.39 is 28.1 Å². The molecule has 2 rings (SSSR count). The Morgan fingerprint density at radius 3 is 2.32 bits per heavy atom. The first-order valence-electron chi connectivity index (χ1n) is 5.72. The van der Waals surface area contributed by atoms with Gasteiger partial charge in [0.05, 0.1) is 11.6 Å². The van der Waals surface area contributed by atoms with E-state index >= 15 is 0 Å². The molecule has 112 valence electrons. The topological polar surface area (TPSA) is 78.7 Å². The van der Waals surface area contributed by atoms with Gasteiger partial charge in [0.25, 0.3) is 11.5 Å². The van der Waals surface area contributed by atoms with Crippen LogP contribution >= 0.6 is 12.2 Å². The minimum Gasteiger partial charge on any atom is -0.328 e. The summed E-state index contributed by atoms with van der Waals surface area (Å²) in [6.07, 6.45) is -4.77. The van der Waals surface area contributed by atoms with Gasteiger partial charge in [-0.05, 0) is 36.5 Å². The zero-order valence-electron chi connectivity index (χ0n) is 10.6. The summed E-state index contributed by atoms with van der Waals surface area (Å²) in [5.74, 6) is -0.885. The summed E-state index contributed by atoms with van der Waals surface area (Å²) in [6, 6.07) is 7.35. The van der Waals surface area contributed by atoms with Crippen LogP contribution in [0.15, 0.2) is 35.1 Å². The highest BCUT2D eigenvalue weighted by atomic mass is 32.1. The largest absolute Gasteiger partial charge is 0.431 e. The van der Waals surface area contributed by atoms with Crippen LogP contribution in [0, 0.1) is 16.1 Å². The second-order valence-corrected chi connectivity index (χ2v) is 4.54. The molecule has 0 saturated heterocycles. The van der Waals surface area contributed by atoms with E-state index in [0.717, 1.165) is 0 Å². The lowest BCUT2D eigenvalue weighted by Crippen LogP contribution is -2.30. The number of aromatic amines is 1. The van der Waals surface area contributed by atoms with Gasteiger partial charge in [0.15, 0.2) is 4.77 Å². The maximum Gasteiger partial charge on any atom is 0.431 e. The van der Waals surface area contributed by atoms with Crippen molar-refractivity contribution in [1.29, 1.82) is 5.26 Å². The van der Waals surface area contributed by atoms with E-state index in [2.05, 4.69) is 12.2 Å². The first kappa shape index (κ1) is 15.7. The van der Waals surface area contributed by atoms with Gasteiger partial charge in [-0.15, -0.1) is 0 Å². The van der Waals surface area contributed by atoms with Crippen molar-refractivity contribution in [2.45, 2.75) is 6.18 Å². The van der Waals surface area contributed by atoms with E-state index in [1.807, 2.05) is 11.1 Å². The number of aromatic nitrogens is 2. The van der Waals surface area contributed by atoms with Gasteiger partial charge < -0.3 is 4.98 Å². The van der Waals surface area contributed by atoms with E-state index in [0.29, 0.717) is 10.1 Å². The van der Waals surface area contributed by atoms with Crippen LogP contribution in [0.5, 0.6) is 0 Å². The molecule has 0 atom stereocenters. The summed E-state index contributed by atoms with van der Waals surface area (Å²) in [6.45, 7) is 0. The normalized spacial score (nSPS) is 11.0. The van der Waals surface area contributed by atoms with Crippen LogP contribution in [0.4, 0.5) is 13.2 Å². The number of nitriles is 1. The monoisotopic (exact) mass is 325 g/mol. The molecule has 0 bridgehead atoms. The number of nitrogens with one attached hydrogen (secondary N) is 1. The van der Waals surface area contributed by atoms with Crippen LogP contribution in [0.2, 0.25) is 0 Å². The third kappa shape index (κ3) is 2.96. The van der Waals surface area contributed by atoms with Crippen molar-refractivity contribution in [3.63, 3.8) is 0 Å². The highest BCUT2D eigenvalue weighted by Gasteiger charge is 2.33. The van der Waals surface area contributed by atoms with Crippen LogP contribution in [0.1, 0.15) is 21.6 Å². The van der Waals surface area contributed by atoms with Gasteiger partial charge in [0, 0.05) is 11.6 Å². The van der Waals surface area contributed by atoms with Crippen molar-refractivity contribution in [2.24, 2.45) is 0 Å². The summed E-state index contributed by atoms with van der Waals surface area (Å²) in [5, 5.41) is 8.66. The molecule has 2 aromatic rings. The molecule has 0 amide bonds. The molecular weight excluding hydrogens is 319 g/mol. The first-order chi connectivity index (χ1) is 10.2. The van der Waals surface area contributed by atoms with Crippen molar-refractivity contribution < 1.29 is 18.0 Å². The molecule has 0 saturated carbocycles. The molecule has 1 heterocycles. The van der Waals surface area contributed by atoms with E-state index in [4.69, 9.17) is 5.26 Å². The van der Waals surface area contributed by atoms with E-state index in [1.165, 1.54) is 24.3 Å². The molecule has 0 aliphatic carbocycles. The number of alkyl halides is 3. The average molecular weight is 325 g/mol. The summed E-state index contributed by atoms with van der Waals surface area (Å²) in [7, 11) is 0. The Kier molecular flexibility index (Phi) is 3.97. The summed E-state index contributed by atoms with van der Waals surface area (Å²) >= 11 is 4.65. The van der Waals surface area contributed by atoms with Crippen molar-refractivity contribution in [2.75, 3.05) is 0 Å². The zero-order chi connectivity index (χ0) is 16.5. The number of hydrogen-bond donors (Lipinski definition) is 1. The van der Waals surface area contributed by atoms with Crippen molar-refractivity contribution >= 4 is 18.1 Å². The maximum atomic E-state index is 12.5. The van der Waals surface area contributed by atoms with Gasteiger partial charge in [-0.3, -0.25) is 9.59 Å². The third-order valence-electron chi connectivity index (χ3n) is 2.70. The second kappa shape index (κ2) is 5.57. The summed E-state index contributed by atoms with van der Waals surface area (Å²) < 4.78 is 37.4. The molecule has 0 aliphatic rings. The molecule has 0 unspecified atom stereocenters. The van der Waals surface area contributed by atoms with Crippen LogP contribution in [-0.4, -0.2) is 15.5 Å². The van der Waals surface area contributed by atoms with Gasteiger partial charge in [-0.1, -0.05) is 0 Å². The van der Waals surface area contributed by atoms with Gasteiger partial charge in [-0.2, -0.15) is 18.4 Å². The number of carbonyl (C=O) groups excluding carboxylic acids is 1. The van der Waals surface area contributed by atoms with Crippen LogP contribution in [0.25, 0.3) is 0 Å². The lowest BCUT2D eigenvalue weighted by Gasteiger charge is -2.09. The maximum absolute atomic E-state index is 12.5. The fraction of sp³-hybridized carbons (Fsp3) is 0.0769. The molecule has 0 spiro atoms. The number of nitrogens with zero attached hydrogens (tertiary/aromatic N) is 2. The smallest absolute Gasteiger partial charge is 0.328 e.